The zero-order valence-corrected chi connectivity index (χ0v) is 20.0. The summed E-state index contributed by atoms with van der Waals surface area (Å²) in [5.41, 5.74) is 3.55. The second kappa shape index (κ2) is 9.36. The van der Waals surface area contributed by atoms with E-state index in [1.807, 2.05) is 24.3 Å². The number of benzene rings is 2. The molecule has 2 aromatic rings. The lowest BCUT2D eigenvalue weighted by atomic mass is 9.92. The Morgan fingerprint density at radius 1 is 1.03 bits per heavy atom. The number of carbonyl (C=O) groups is 3. The van der Waals surface area contributed by atoms with Crippen LogP contribution < -0.4 is 5.32 Å². The molecule has 7 heteroatoms. The highest BCUT2D eigenvalue weighted by molar-refractivity contribution is 5.89. The summed E-state index contributed by atoms with van der Waals surface area (Å²) in [7, 11) is 0. The Morgan fingerprint density at radius 3 is 2.34 bits per heavy atom. The Hall–Kier alpha value is -3.35. The topological polar surface area (TPSA) is 95.9 Å². The van der Waals surface area contributed by atoms with Crippen LogP contribution in [0, 0.1) is 11.8 Å². The fourth-order valence-corrected chi connectivity index (χ4v) is 6.21. The van der Waals surface area contributed by atoms with Gasteiger partial charge in [-0.15, -0.1) is 0 Å². The van der Waals surface area contributed by atoms with Gasteiger partial charge in [0.15, 0.2) is 0 Å². The van der Waals surface area contributed by atoms with Gasteiger partial charge in [0.1, 0.15) is 12.1 Å². The molecule has 5 rings (SSSR count). The van der Waals surface area contributed by atoms with Crippen molar-refractivity contribution in [3.63, 3.8) is 0 Å². The van der Waals surface area contributed by atoms with Crippen molar-refractivity contribution < 1.29 is 24.2 Å². The summed E-state index contributed by atoms with van der Waals surface area (Å²) in [5, 5.41) is 12.5. The number of rotatable bonds is 6. The van der Waals surface area contributed by atoms with E-state index in [1.54, 1.807) is 11.8 Å². The van der Waals surface area contributed by atoms with Crippen molar-refractivity contribution in [2.75, 3.05) is 19.7 Å². The highest BCUT2D eigenvalue weighted by Crippen LogP contribution is 2.44. The number of hydrogen-bond acceptors (Lipinski definition) is 4. The van der Waals surface area contributed by atoms with Crippen LogP contribution in [0.15, 0.2) is 48.5 Å². The molecule has 1 saturated carbocycles. The van der Waals surface area contributed by atoms with Crippen LogP contribution >= 0.6 is 0 Å². The minimum Gasteiger partial charge on any atom is -0.480 e. The van der Waals surface area contributed by atoms with Gasteiger partial charge in [-0.3, -0.25) is 4.79 Å². The number of carbonyl (C=O) groups excluding carboxylic acids is 2. The maximum atomic E-state index is 13.3. The summed E-state index contributed by atoms with van der Waals surface area (Å²) in [5.74, 6) is -1.32. The molecule has 0 bridgehead atoms. The van der Waals surface area contributed by atoms with E-state index in [2.05, 4.69) is 29.6 Å². The zero-order chi connectivity index (χ0) is 24.6. The number of carboxylic acids is 1. The molecule has 2 aromatic carbocycles. The highest BCUT2D eigenvalue weighted by Gasteiger charge is 2.49. The molecule has 0 spiro atoms. The third kappa shape index (κ3) is 4.17. The standard InChI is InChI=1S/C28H32N2O5/c1-28(26(32)33)14-7-15-30(28)25(31)19-13-6-8-18(19)16-29-27(34)35-17-24-22-11-4-2-9-20(22)21-10-3-5-12-23(21)24/h2-5,9-12,18-19,24H,6-8,13-17H2,1H3,(H,29,34)(H,32,33)/t18?,19?,28-/m0/s1. The molecular weight excluding hydrogens is 444 g/mol. The van der Waals surface area contributed by atoms with Crippen LogP contribution in [0.4, 0.5) is 4.79 Å². The van der Waals surface area contributed by atoms with Crippen LogP contribution in [0.2, 0.25) is 0 Å². The van der Waals surface area contributed by atoms with Gasteiger partial charge >= 0.3 is 12.1 Å². The molecule has 1 aliphatic heterocycles. The monoisotopic (exact) mass is 476 g/mol. The molecule has 0 radical (unpaired) electrons. The first-order valence-corrected chi connectivity index (χ1v) is 12.5. The Kier molecular flexibility index (Phi) is 6.26. The van der Waals surface area contributed by atoms with E-state index >= 15 is 0 Å². The first-order valence-electron chi connectivity index (χ1n) is 12.5. The molecule has 184 valence electrons. The van der Waals surface area contributed by atoms with Crippen molar-refractivity contribution in [3.05, 3.63) is 59.7 Å². The van der Waals surface area contributed by atoms with Crippen molar-refractivity contribution in [3.8, 4) is 11.1 Å². The molecule has 0 aromatic heterocycles. The third-order valence-electron chi connectivity index (χ3n) is 8.20. The Balaban J connectivity index is 1.18. The van der Waals surface area contributed by atoms with Gasteiger partial charge in [0, 0.05) is 24.9 Å². The summed E-state index contributed by atoms with van der Waals surface area (Å²) in [6.07, 6.45) is 3.14. The number of carboxylic acid groups (broad SMARTS) is 1. The average Bonchev–Trinajstić information content (AvgIpc) is 3.57. The van der Waals surface area contributed by atoms with E-state index in [1.165, 1.54) is 11.1 Å². The van der Waals surface area contributed by atoms with Gasteiger partial charge in [-0.25, -0.2) is 9.59 Å². The summed E-state index contributed by atoms with van der Waals surface area (Å²) < 4.78 is 5.64. The van der Waals surface area contributed by atoms with Crippen molar-refractivity contribution in [2.45, 2.75) is 50.5 Å². The van der Waals surface area contributed by atoms with Crippen molar-refractivity contribution in [1.29, 1.82) is 0 Å². The Labute approximate surface area is 205 Å². The number of likely N-dealkylation sites (tertiary alicyclic amines) is 1. The van der Waals surface area contributed by atoms with Crippen LogP contribution in [0.1, 0.15) is 56.1 Å². The quantitative estimate of drug-likeness (QED) is 0.644. The molecular formula is C28H32N2O5. The molecule has 7 nitrogen and oxygen atoms in total. The minimum absolute atomic E-state index is 0.00202. The lowest BCUT2D eigenvalue weighted by Crippen LogP contribution is -2.53. The average molecular weight is 477 g/mol. The van der Waals surface area contributed by atoms with Crippen LogP contribution in [0.25, 0.3) is 11.1 Å². The number of hydrogen-bond donors (Lipinski definition) is 2. The number of nitrogens with one attached hydrogen (secondary N) is 1. The predicted molar refractivity (Wildman–Crippen MR) is 131 cm³/mol. The molecule has 2 aliphatic carbocycles. The number of ether oxygens (including phenoxy) is 1. The first-order chi connectivity index (χ1) is 16.9. The first kappa shape index (κ1) is 23.4. The maximum Gasteiger partial charge on any atom is 0.407 e. The fraction of sp³-hybridized carbons (Fsp3) is 0.464. The smallest absolute Gasteiger partial charge is 0.407 e. The second-order valence-corrected chi connectivity index (χ2v) is 10.2. The van der Waals surface area contributed by atoms with Gasteiger partial charge in [0.2, 0.25) is 5.91 Å². The number of aliphatic carboxylic acids is 1. The SMILES string of the molecule is C[C@@]1(C(=O)O)CCCN1C(=O)C1CCCC1CNC(=O)OCC1c2ccccc2-c2ccccc21. The summed E-state index contributed by atoms with van der Waals surface area (Å²) in [6, 6.07) is 16.4. The highest BCUT2D eigenvalue weighted by atomic mass is 16.5. The van der Waals surface area contributed by atoms with Crippen molar-refractivity contribution >= 4 is 18.0 Å². The van der Waals surface area contributed by atoms with Gasteiger partial charge < -0.3 is 20.1 Å². The summed E-state index contributed by atoms with van der Waals surface area (Å²) in [6.45, 7) is 2.71. The minimum atomic E-state index is -1.13. The van der Waals surface area contributed by atoms with Gasteiger partial charge in [0.25, 0.3) is 0 Å². The Morgan fingerprint density at radius 2 is 1.69 bits per heavy atom. The lowest BCUT2D eigenvalue weighted by Gasteiger charge is -2.34. The normalized spacial score (nSPS) is 25.2. The second-order valence-electron chi connectivity index (χ2n) is 10.2. The molecule has 2 amide bonds. The molecule has 3 atom stereocenters. The molecule has 2 fully saturated rings. The van der Waals surface area contributed by atoms with E-state index in [0.29, 0.717) is 25.9 Å². The number of amides is 2. The van der Waals surface area contributed by atoms with Gasteiger partial charge in [-0.2, -0.15) is 0 Å². The molecule has 1 heterocycles. The molecule has 2 unspecified atom stereocenters. The summed E-state index contributed by atoms with van der Waals surface area (Å²) >= 11 is 0. The van der Waals surface area contributed by atoms with Crippen LogP contribution in [-0.2, 0) is 14.3 Å². The Bertz CT molecular complexity index is 1100. The van der Waals surface area contributed by atoms with E-state index in [-0.39, 0.29) is 30.3 Å². The van der Waals surface area contributed by atoms with Crippen molar-refractivity contribution in [1.82, 2.24) is 10.2 Å². The van der Waals surface area contributed by atoms with Crippen LogP contribution in [0.5, 0.6) is 0 Å². The van der Waals surface area contributed by atoms with E-state index in [0.717, 1.165) is 30.4 Å². The molecule has 35 heavy (non-hydrogen) atoms. The number of nitrogens with zero attached hydrogens (tertiary/aromatic N) is 1. The third-order valence-corrected chi connectivity index (χ3v) is 8.20. The zero-order valence-electron chi connectivity index (χ0n) is 20.0. The summed E-state index contributed by atoms with van der Waals surface area (Å²) in [4.78, 5) is 39.2. The number of fused-ring (bicyclic) bond motifs is 3. The molecule has 1 saturated heterocycles. The number of alkyl carbamates (subject to hydrolysis) is 1. The lowest BCUT2D eigenvalue weighted by molar-refractivity contribution is -0.157. The van der Waals surface area contributed by atoms with Crippen LogP contribution in [0.3, 0.4) is 0 Å². The predicted octanol–water partition coefficient (Wildman–Crippen LogP) is 4.41. The van der Waals surface area contributed by atoms with E-state index in [9.17, 15) is 19.5 Å². The van der Waals surface area contributed by atoms with E-state index < -0.39 is 17.6 Å². The van der Waals surface area contributed by atoms with Crippen molar-refractivity contribution in [2.24, 2.45) is 11.8 Å². The largest absolute Gasteiger partial charge is 0.480 e. The van der Waals surface area contributed by atoms with Gasteiger partial charge in [-0.1, -0.05) is 55.0 Å². The molecule has 3 aliphatic rings. The van der Waals surface area contributed by atoms with Gasteiger partial charge in [0.05, 0.1) is 0 Å². The van der Waals surface area contributed by atoms with Gasteiger partial charge in [-0.05, 0) is 60.8 Å². The van der Waals surface area contributed by atoms with Crippen LogP contribution in [-0.4, -0.2) is 53.2 Å². The maximum absolute atomic E-state index is 13.3. The fourth-order valence-electron chi connectivity index (χ4n) is 6.21. The van der Waals surface area contributed by atoms with E-state index in [4.69, 9.17) is 4.74 Å². The molecule has 2 N–H and O–H groups in total.